The number of piperidine rings is 1. The number of carbonyl (C=O) groups excluding carboxylic acids is 2. The third kappa shape index (κ3) is 9.75. The van der Waals surface area contributed by atoms with Crippen LogP contribution in [0.1, 0.15) is 72.5 Å². The van der Waals surface area contributed by atoms with Crippen molar-refractivity contribution in [2.24, 2.45) is 5.92 Å². The summed E-state index contributed by atoms with van der Waals surface area (Å²) in [6.45, 7) is 2.76. The number of rotatable bonds is 16. The van der Waals surface area contributed by atoms with Crippen molar-refractivity contribution in [1.29, 1.82) is 0 Å². The van der Waals surface area contributed by atoms with Crippen LogP contribution in [0.15, 0.2) is 83.9 Å². The summed E-state index contributed by atoms with van der Waals surface area (Å²) in [7, 11) is 4.04. The van der Waals surface area contributed by atoms with Crippen LogP contribution in [0, 0.1) is 5.92 Å². The van der Waals surface area contributed by atoms with Crippen molar-refractivity contribution in [3.8, 4) is 5.75 Å². The minimum absolute atomic E-state index is 0.0375. The number of aliphatic hydroxyl groups is 1. The molecule has 1 saturated carbocycles. The molecule has 294 valence electrons. The van der Waals surface area contributed by atoms with Crippen molar-refractivity contribution in [3.63, 3.8) is 0 Å². The number of hydrogen-bond donors (Lipinski definition) is 2. The van der Waals surface area contributed by atoms with E-state index in [1.807, 2.05) is 61.5 Å². The molecule has 0 radical (unpaired) electrons. The summed E-state index contributed by atoms with van der Waals surface area (Å²) in [4.78, 5) is 53.9. The van der Waals surface area contributed by atoms with E-state index in [0.717, 1.165) is 48.0 Å². The largest absolute Gasteiger partial charge is 0.493 e. The van der Waals surface area contributed by atoms with E-state index in [1.165, 1.54) is 10.9 Å². The van der Waals surface area contributed by atoms with Crippen molar-refractivity contribution in [2.75, 3.05) is 46.9 Å². The van der Waals surface area contributed by atoms with Crippen LogP contribution in [0.2, 0.25) is 5.02 Å². The maximum absolute atomic E-state index is 14.1. The van der Waals surface area contributed by atoms with Crippen LogP contribution in [-0.2, 0) is 17.8 Å². The zero-order valence-electron chi connectivity index (χ0n) is 32.3. The first-order valence-electron chi connectivity index (χ1n) is 19.8. The van der Waals surface area contributed by atoms with Gasteiger partial charge in [0.2, 0.25) is 5.91 Å². The van der Waals surface area contributed by atoms with Crippen LogP contribution in [0.3, 0.4) is 0 Å². The minimum Gasteiger partial charge on any atom is -0.493 e. The number of nitrogens with zero attached hydrogens (tertiary/aromatic N) is 5. The molecular weight excluding hydrogens is 728 g/mol. The van der Waals surface area contributed by atoms with Crippen LogP contribution in [0.25, 0.3) is 21.8 Å². The molecule has 12 heteroatoms. The van der Waals surface area contributed by atoms with Gasteiger partial charge in [0.15, 0.2) is 0 Å². The summed E-state index contributed by atoms with van der Waals surface area (Å²) in [6.07, 6.45) is 7.08. The van der Waals surface area contributed by atoms with Crippen LogP contribution < -0.4 is 15.6 Å². The van der Waals surface area contributed by atoms with Crippen molar-refractivity contribution >= 4 is 45.2 Å². The smallest absolute Gasteiger partial charge is 0.261 e. The van der Waals surface area contributed by atoms with Gasteiger partial charge in [-0.1, -0.05) is 48.0 Å². The van der Waals surface area contributed by atoms with Crippen molar-refractivity contribution < 1.29 is 19.4 Å². The average Bonchev–Trinajstić information content (AvgIpc) is 4.05. The molecule has 1 aliphatic carbocycles. The number of carbonyl (C=O) groups is 2. The zero-order chi connectivity index (χ0) is 39.2. The summed E-state index contributed by atoms with van der Waals surface area (Å²) in [5.74, 6) is 0.680. The standard InChI is InChI=1S/C44H51ClN6O5/c1-49(2)20-7-23-56-34-14-16-36-39(26-34)47-29-51(43(36)54)28-44(55)17-21-50(22-18-44)42(53)33(24-30-8-4-3-5-9-30)10-6-19-46-41(52)32-13-15-35-37(45)27-38(31-11-12-31)48-40(35)25-32/h3-5,8-9,13-16,25-27,29,31,33,55H,6-7,10-12,17-24,28H2,1-2H3,(H,46,52). The molecule has 1 atom stereocenters. The molecule has 5 aromatic rings. The van der Waals surface area contributed by atoms with E-state index < -0.39 is 5.60 Å². The Kier molecular flexibility index (Phi) is 12.3. The van der Waals surface area contributed by atoms with Gasteiger partial charge in [0, 0.05) is 60.7 Å². The average molecular weight is 779 g/mol. The molecule has 2 aliphatic rings. The topological polar surface area (TPSA) is 130 Å². The van der Waals surface area contributed by atoms with E-state index in [2.05, 4.69) is 15.2 Å². The fraction of sp³-hybridized carbons (Fsp3) is 0.432. The Labute approximate surface area is 332 Å². The Bertz CT molecular complexity index is 2230. The van der Waals surface area contributed by atoms with Gasteiger partial charge in [-0.25, -0.2) is 4.98 Å². The zero-order valence-corrected chi connectivity index (χ0v) is 33.0. The molecule has 7 rings (SSSR count). The van der Waals surface area contributed by atoms with Crippen LogP contribution >= 0.6 is 11.6 Å². The third-order valence-corrected chi connectivity index (χ3v) is 11.3. The van der Waals surface area contributed by atoms with Gasteiger partial charge in [-0.05, 0) is 101 Å². The number of halogens is 1. The molecule has 2 fully saturated rings. The first-order chi connectivity index (χ1) is 27.0. The van der Waals surface area contributed by atoms with Gasteiger partial charge in [-0.15, -0.1) is 0 Å². The number of pyridine rings is 1. The van der Waals surface area contributed by atoms with Gasteiger partial charge in [0.1, 0.15) is 5.75 Å². The maximum atomic E-state index is 14.1. The summed E-state index contributed by atoms with van der Waals surface area (Å²) < 4.78 is 7.33. The van der Waals surface area contributed by atoms with E-state index in [0.29, 0.717) is 91.5 Å². The number of benzene rings is 3. The van der Waals surface area contributed by atoms with Gasteiger partial charge >= 0.3 is 0 Å². The lowest BCUT2D eigenvalue weighted by Crippen LogP contribution is -2.51. The number of fused-ring (bicyclic) bond motifs is 2. The minimum atomic E-state index is -1.16. The van der Waals surface area contributed by atoms with Crippen molar-refractivity contribution in [3.05, 3.63) is 111 Å². The molecule has 3 aromatic carbocycles. The van der Waals surface area contributed by atoms with E-state index in [4.69, 9.17) is 21.3 Å². The molecule has 1 saturated heterocycles. The lowest BCUT2D eigenvalue weighted by atomic mass is 9.88. The molecule has 0 bridgehead atoms. The maximum Gasteiger partial charge on any atom is 0.261 e. The van der Waals surface area contributed by atoms with Crippen molar-refractivity contribution in [1.82, 2.24) is 29.7 Å². The Morgan fingerprint density at radius 2 is 1.77 bits per heavy atom. The molecule has 3 heterocycles. The molecule has 56 heavy (non-hydrogen) atoms. The number of amides is 2. The SMILES string of the molecule is CN(C)CCCOc1ccc2c(=O)n(CC3(O)CCN(C(=O)C(CCCNC(=O)c4ccc5c(Cl)cc(C6CC6)nc5c4)Cc4ccccc4)CC3)cnc2c1. The second kappa shape index (κ2) is 17.5. The fourth-order valence-electron chi connectivity index (χ4n) is 7.59. The highest BCUT2D eigenvalue weighted by molar-refractivity contribution is 6.35. The molecule has 11 nitrogen and oxygen atoms in total. The first kappa shape index (κ1) is 39.4. The highest BCUT2D eigenvalue weighted by Gasteiger charge is 2.36. The fourth-order valence-corrected chi connectivity index (χ4v) is 7.86. The first-order valence-corrected chi connectivity index (χ1v) is 20.1. The molecule has 1 aliphatic heterocycles. The Morgan fingerprint density at radius 1 is 1.00 bits per heavy atom. The lowest BCUT2D eigenvalue weighted by molar-refractivity contribution is -0.140. The van der Waals surface area contributed by atoms with Gasteiger partial charge in [0.25, 0.3) is 11.5 Å². The number of ether oxygens (including phenoxy) is 1. The second-order valence-electron chi connectivity index (χ2n) is 15.7. The predicted octanol–water partition coefficient (Wildman–Crippen LogP) is 6.23. The van der Waals surface area contributed by atoms with Crippen molar-refractivity contribution in [2.45, 2.75) is 69.4 Å². The van der Waals surface area contributed by atoms with Crippen LogP contribution in [-0.4, -0.2) is 93.7 Å². The second-order valence-corrected chi connectivity index (χ2v) is 16.1. The van der Waals surface area contributed by atoms with Gasteiger partial charge in [-0.2, -0.15) is 0 Å². The normalized spacial score (nSPS) is 16.0. The molecule has 2 aromatic heterocycles. The molecule has 2 N–H and O–H groups in total. The molecule has 0 spiro atoms. The number of nitrogens with one attached hydrogen (secondary N) is 1. The predicted molar refractivity (Wildman–Crippen MR) is 219 cm³/mol. The summed E-state index contributed by atoms with van der Waals surface area (Å²) >= 11 is 6.53. The van der Waals surface area contributed by atoms with Gasteiger partial charge < -0.3 is 25.0 Å². The number of likely N-dealkylation sites (tertiary alicyclic amines) is 1. The Hall–Kier alpha value is -4.84. The van der Waals surface area contributed by atoms with E-state index in [9.17, 15) is 19.5 Å². The van der Waals surface area contributed by atoms with Crippen LogP contribution in [0.5, 0.6) is 5.75 Å². The third-order valence-electron chi connectivity index (χ3n) is 11.0. The number of aromatic nitrogens is 3. The summed E-state index contributed by atoms with van der Waals surface area (Å²) in [6, 6.07) is 22.6. The van der Waals surface area contributed by atoms with Gasteiger partial charge in [-0.3, -0.25) is 23.9 Å². The number of hydrogen-bond acceptors (Lipinski definition) is 8. The highest BCUT2D eigenvalue weighted by atomic mass is 35.5. The quantitative estimate of drug-likeness (QED) is 0.113. The lowest BCUT2D eigenvalue weighted by Gasteiger charge is -2.39. The summed E-state index contributed by atoms with van der Waals surface area (Å²) in [5.41, 5.74) is 2.47. The van der Waals surface area contributed by atoms with Gasteiger partial charge in [0.05, 0.1) is 46.5 Å². The van der Waals surface area contributed by atoms with E-state index in [-0.39, 0.29) is 29.8 Å². The highest BCUT2D eigenvalue weighted by Crippen LogP contribution is 2.41. The molecular formula is C44H51ClN6O5. The van der Waals surface area contributed by atoms with E-state index in [1.54, 1.807) is 30.3 Å². The molecule has 1 unspecified atom stereocenters. The Morgan fingerprint density at radius 3 is 2.52 bits per heavy atom. The molecule has 2 amide bonds. The van der Waals surface area contributed by atoms with E-state index >= 15 is 0 Å². The van der Waals surface area contributed by atoms with Crippen LogP contribution in [0.4, 0.5) is 0 Å². The Balaban J connectivity index is 0.940. The monoisotopic (exact) mass is 778 g/mol. The summed E-state index contributed by atoms with van der Waals surface area (Å²) in [5, 5.41) is 16.6.